The van der Waals surface area contributed by atoms with Crippen LogP contribution in [0, 0.1) is 17.8 Å². The van der Waals surface area contributed by atoms with Crippen molar-refractivity contribution in [2.45, 2.75) is 51.9 Å². The van der Waals surface area contributed by atoms with Crippen LogP contribution in [0.1, 0.15) is 51.9 Å². The first kappa shape index (κ1) is 17.0. The summed E-state index contributed by atoms with van der Waals surface area (Å²) in [5.74, 6) is 2.47. The first-order valence-corrected chi connectivity index (χ1v) is 8.98. The number of nitrogens with zero attached hydrogens (tertiary/aromatic N) is 2. The quantitative estimate of drug-likeness (QED) is 0.752. The summed E-state index contributed by atoms with van der Waals surface area (Å²) in [4.78, 5) is 17.0. The predicted molar refractivity (Wildman–Crippen MR) is 88.5 cm³/mol. The number of ketones is 1. The largest absolute Gasteiger partial charge is 0.306 e. The van der Waals surface area contributed by atoms with Crippen LogP contribution in [-0.2, 0) is 4.79 Å². The number of hydrogen-bond donors (Lipinski definition) is 0. The second kappa shape index (κ2) is 8.28. The van der Waals surface area contributed by atoms with E-state index in [2.05, 4.69) is 30.8 Å². The summed E-state index contributed by atoms with van der Waals surface area (Å²) in [6, 6.07) is 0. The Kier molecular flexibility index (Phi) is 6.69. The summed E-state index contributed by atoms with van der Waals surface area (Å²) in [5, 5.41) is 0. The van der Waals surface area contributed by atoms with Crippen LogP contribution in [0.2, 0.25) is 0 Å². The van der Waals surface area contributed by atoms with E-state index in [0.717, 1.165) is 37.6 Å². The molecule has 2 aliphatic rings. The molecule has 0 radical (unpaired) electrons. The van der Waals surface area contributed by atoms with Gasteiger partial charge in [-0.25, -0.2) is 0 Å². The number of piperidine rings is 1. The molecular formula is C18H34N2O. The lowest BCUT2D eigenvalue weighted by Gasteiger charge is -2.34. The van der Waals surface area contributed by atoms with E-state index in [0.29, 0.717) is 11.7 Å². The van der Waals surface area contributed by atoms with Crippen LogP contribution in [0.5, 0.6) is 0 Å². The van der Waals surface area contributed by atoms with E-state index in [1.807, 2.05) is 0 Å². The molecular weight excluding hydrogens is 260 g/mol. The smallest absolute Gasteiger partial charge is 0.137 e. The minimum Gasteiger partial charge on any atom is -0.306 e. The van der Waals surface area contributed by atoms with Crippen molar-refractivity contribution in [2.24, 2.45) is 17.8 Å². The van der Waals surface area contributed by atoms with Crippen LogP contribution in [0.15, 0.2) is 0 Å². The minimum absolute atomic E-state index is 0.312. The Hall–Kier alpha value is -0.410. The van der Waals surface area contributed by atoms with Gasteiger partial charge < -0.3 is 9.80 Å². The monoisotopic (exact) mass is 294 g/mol. The van der Waals surface area contributed by atoms with E-state index < -0.39 is 0 Å². The Bertz CT molecular complexity index is 323. The molecule has 2 fully saturated rings. The van der Waals surface area contributed by atoms with Gasteiger partial charge in [0.1, 0.15) is 5.78 Å². The summed E-state index contributed by atoms with van der Waals surface area (Å²) < 4.78 is 0. The molecule has 0 bridgehead atoms. The van der Waals surface area contributed by atoms with Crippen LogP contribution in [0.4, 0.5) is 0 Å². The van der Waals surface area contributed by atoms with E-state index in [1.165, 1.54) is 45.3 Å². The fourth-order valence-corrected chi connectivity index (χ4v) is 4.19. The number of Topliss-reactive ketones (excluding diaryl/α,β-unsaturated/α-hetero) is 1. The van der Waals surface area contributed by atoms with E-state index in [-0.39, 0.29) is 0 Å². The maximum Gasteiger partial charge on any atom is 0.137 e. The zero-order chi connectivity index (χ0) is 15.2. The molecule has 0 N–H and O–H groups in total. The van der Waals surface area contributed by atoms with Crippen molar-refractivity contribution in [2.75, 3.05) is 40.3 Å². The van der Waals surface area contributed by atoms with Gasteiger partial charge in [0.05, 0.1) is 0 Å². The Balaban J connectivity index is 1.75. The van der Waals surface area contributed by atoms with Gasteiger partial charge in [-0.1, -0.05) is 19.8 Å². The first-order chi connectivity index (χ1) is 10.1. The number of carbonyl (C=O) groups is 1. The molecule has 0 spiro atoms. The molecule has 0 aromatic carbocycles. The van der Waals surface area contributed by atoms with E-state index >= 15 is 0 Å². The third-order valence-corrected chi connectivity index (χ3v) is 5.51. The third kappa shape index (κ3) is 5.37. The molecule has 1 saturated heterocycles. The molecule has 1 aliphatic heterocycles. The predicted octanol–water partition coefficient (Wildman–Crippen LogP) is 3.05. The van der Waals surface area contributed by atoms with Crippen molar-refractivity contribution in [3.05, 3.63) is 0 Å². The molecule has 0 amide bonds. The maximum atomic E-state index is 12.2. The van der Waals surface area contributed by atoms with Crippen LogP contribution in [0.25, 0.3) is 0 Å². The molecule has 1 heterocycles. The van der Waals surface area contributed by atoms with Crippen LogP contribution < -0.4 is 0 Å². The normalized spacial score (nSPS) is 29.2. The summed E-state index contributed by atoms with van der Waals surface area (Å²) in [7, 11) is 4.43. The van der Waals surface area contributed by atoms with Crippen LogP contribution in [0.3, 0.4) is 0 Å². The third-order valence-electron chi connectivity index (χ3n) is 5.51. The summed E-state index contributed by atoms with van der Waals surface area (Å²) >= 11 is 0. The average molecular weight is 294 g/mol. The lowest BCUT2D eigenvalue weighted by molar-refractivity contribution is -0.126. The molecule has 2 unspecified atom stereocenters. The van der Waals surface area contributed by atoms with Gasteiger partial charge in [0.2, 0.25) is 0 Å². The molecule has 1 saturated carbocycles. The van der Waals surface area contributed by atoms with Crippen molar-refractivity contribution in [3.63, 3.8) is 0 Å². The standard InChI is InChI=1S/C18H34N2O/c1-4-5-15-6-7-18(21)17(12-15)14-20(3)13-16-8-10-19(2)11-9-16/h15-17H,4-14H2,1-3H3. The van der Waals surface area contributed by atoms with Gasteiger partial charge in [0, 0.05) is 25.4 Å². The zero-order valence-corrected chi connectivity index (χ0v) is 14.3. The number of hydrogen-bond acceptors (Lipinski definition) is 3. The number of rotatable bonds is 6. The lowest BCUT2D eigenvalue weighted by Crippen LogP contribution is -2.39. The highest BCUT2D eigenvalue weighted by molar-refractivity contribution is 5.81. The highest BCUT2D eigenvalue weighted by Gasteiger charge is 2.29. The minimum atomic E-state index is 0.312. The Morgan fingerprint density at radius 3 is 2.52 bits per heavy atom. The second-order valence-corrected chi connectivity index (χ2v) is 7.56. The van der Waals surface area contributed by atoms with Gasteiger partial charge >= 0.3 is 0 Å². The van der Waals surface area contributed by atoms with E-state index in [9.17, 15) is 4.79 Å². The molecule has 2 atom stereocenters. The molecule has 1 aliphatic carbocycles. The zero-order valence-electron chi connectivity index (χ0n) is 14.3. The highest BCUT2D eigenvalue weighted by atomic mass is 16.1. The van der Waals surface area contributed by atoms with E-state index in [4.69, 9.17) is 0 Å². The van der Waals surface area contributed by atoms with Crippen molar-refractivity contribution < 1.29 is 4.79 Å². The van der Waals surface area contributed by atoms with Gasteiger partial charge in [-0.3, -0.25) is 4.79 Å². The van der Waals surface area contributed by atoms with Gasteiger partial charge in [0.15, 0.2) is 0 Å². The van der Waals surface area contributed by atoms with Crippen LogP contribution >= 0.6 is 0 Å². The summed E-state index contributed by atoms with van der Waals surface area (Å²) in [6.07, 6.45) is 8.32. The molecule has 21 heavy (non-hydrogen) atoms. The fourth-order valence-electron chi connectivity index (χ4n) is 4.19. The fraction of sp³-hybridized carbons (Fsp3) is 0.944. The highest BCUT2D eigenvalue weighted by Crippen LogP contribution is 2.30. The summed E-state index contributed by atoms with van der Waals surface area (Å²) in [6.45, 7) is 6.90. The summed E-state index contributed by atoms with van der Waals surface area (Å²) in [5.41, 5.74) is 0. The van der Waals surface area contributed by atoms with Gasteiger partial charge in [-0.05, 0) is 64.7 Å². The van der Waals surface area contributed by atoms with Gasteiger partial charge in [-0.15, -0.1) is 0 Å². The Morgan fingerprint density at radius 2 is 1.86 bits per heavy atom. The topological polar surface area (TPSA) is 23.6 Å². The van der Waals surface area contributed by atoms with Crippen molar-refractivity contribution in [1.82, 2.24) is 9.80 Å². The molecule has 0 aromatic heterocycles. The average Bonchev–Trinajstić information content (AvgIpc) is 2.45. The number of likely N-dealkylation sites (tertiary alicyclic amines) is 1. The lowest BCUT2D eigenvalue weighted by atomic mass is 9.78. The SMILES string of the molecule is CCCC1CCC(=O)C(CN(C)CC2CCN(C)CC2)C1. The van der Waals surface area contributed by atoms with E-state index in [1.54, 1.807) is 0 Å². The van der Waals surface area contributed by atoms with Crippen molar-refractivity contribution >= 4 is 5.78 Å². The number of carbonyl (C=O) groups excluding carboxylic acids is 1. The van der Waals surface area contributed by atoms with Gasteiger partial charge in [-0.2, -0.15) is 0 Å². The Morgan fingerprint density at radius 1 is 1.14 bits per heavy atom. The van der Waals surface area contributed by atoms with Crippen molar-refractivity contribution in [3.8, 4) is 0 Å². The first-order valence-electron chi connectivity index (χ1n) is 8.98. The second-order valence-electron chi connectivity index (χ2n) is 7.56. The maximum absolute atomic E-state index is 12.2. The Labute approximate surface area is 131 Å². The van der Waals surface area contributed by atoms with Crippen LogP contribution in [-0.4, -0.2) is 55.9 Å². The molecule has 122 valence electrons. The van der Waals surface area contributed by atoms with Gasteiger partial charge in [0.25, 0.3) is 0 Å². The molecule has 3 nitrogen and oxygen atoms in total. The van der Waals surface area contributed by atoms with Crippen molar-refractivity contribution in [1.29, 1.82) is 0 Å². The molecule has 0 aromatic rings. The molecule has 3 heteroatoms. The molecule has 2 rings (SSSR count).